The number of carbonyl (C=O) groups is 2. The van der Waals surface area contributed by atoms with Gasteiger partial charge in [0.2, 0.25) is 11.8 Å². The zero-order chi connectivity index (χ0) is 18.4. The molecule has 0 spiro atoms. The predicted molar refractivity (Wildman–Crippen MR) is 97.5 cm³/mol. The first-order valence-corrected chi connectivity index (χ1v) is 8.73. The van der Waals surface area contributed by atoms with Gasteiger partial charge in [-0.3, -0.25) is 14.6 Å². The molecule has 1 aromatic heterocycles. The smallest absolute Gasteiger partial charge is 0.225 e. The number of para-hydroxylation sites is 1. The maximum Gasteiger partial charge on any atom is 0.225 e. The zero-order valence-corrected chi connectivity index (χ0v) is 14.9. The minimum absolute atomic E-state index is 0.0314. The van der Waals surface area contributed by atoms with E-state index in [-0.39, 0.29) is 24.2 Å². The summed E-state index contributed by atoms with van der Waals surface area (Å²) in [6.45, 7) is 1.51. The molecule has 1 aliphatic rings. The van der Waals surface area contributed by atoms with E-state index in [1.54, 1.807) is 24.4 Å². The summed E-state index contributed by atoms with van der Waals surface area (Å²) >= 11 is 0. The molecule has 1 aliphatic heterocycles. The Bertz CT molecular complexity index is 764. The van der Waals surface area contributed by atoms with Gasteiger partial charge in [0.15, 0.2) is 0 Å². The maximum atomic E-state index is 12.4. The lowest BCUT2D eigenvalue weighted by molar-refractivity contribution is -0.129. The average molecular weight is 353 g/mol. The van der Waals surface area contributed by atoms with Gasteiger partial charge in [0.25, 0.3) is 0 Å². The summed E-state index contributed by atoms with van der Waals surface area (Å²) < 4.78 is 5.35. The van der Waals surface area contributed by atoms with E-state index in [2.05, 4.69) is 10.3 Å². The second kappa shape index (κ2) is 8.47. The van der Waals surface area contributed by atoms with Crippen LogP contribution >= 0.6 is 0 Å². The van der Waals surface area contributed by atoms with Gasteiger partial charge in [-0.25, -0.2) is 0 Å². The van der Waals surface area contributed by atoms with Gasteiger partial charge in [-0.1, -0.05) is 18.2 Å². The number of likely N-dealkylation sites (tertiary alicyclic amines) is 1. The molecule has 1 fully saturated rings. The van der Waals surface area contributed by atoms with Crippen LogP contribution in [0.15, 0.2) is 48.8 Å². The highest BCUT2D eigenvalue weighted by Gasteiger charge is 2.33. The van der Waals surface area contributed by atoms with Crippen molar-refractivity contribution in [3.8, 4) is 5.75 Å². The minimum atomic E-state index is -0.290. The van der Waals surface area contributed by atoms with E-state index in [4.69, 9.17) is 4.74 Å². The van der Waals surface area contributed by atoms with Gasteiger partial charge >= 0.3 is 0 Å². The number of hydrogen-bond donors (Lipinski definition) is 1. The topological polar surface area (TPSA) is 71.5 Å². The Morgan fingerprint density at radius 2 is 2.04 bits per heavy atom. The van der Waals surface area contributed by atoms with Gasteiger partial charge in [0.1, 0.15) is 5.75 Å². The summed E-state index contributed by atoms with van der Waals surface area (Å²) in [7, 11) is 1.64. The Kier molecular flexibility index (Phi) is 5.84. The van der Waals surface area contributed by atoms with Gasteiger partial charge in [-0.15, -0.1) is 0 Å². The van der Waals surface area contributed by atoms with Crippen molar-refractivity contribution in [2.24, 2.45) is 5.92 Å². The first-order chi connectivity index (χ1) is 12.7. The number of rotatable bonds is 7. The van der Waals surface area contributed by atoms with Crippen LogP contribution in [0.5, 0.6) is 5.75 Å². The molecule has 2 amide bonds. The molecule has 1 saturated heterocycles. The van der Waals surface area contributed by atoms with E-state index in [1.165, 1.54) is 0 Å². The van der Waals surface area contributed by atoms with Gasteiger partial charge in [0.05, 0.1) is 13.0 Å². The van der Waals surface area contributed by atoms with Crippen molar-refractivity contribution < 1.29 is 14.3 Å². The van der Waals surface area contributed by atoms with E-state index in [0.717, 1.165) is 16.9 Å². The second-order valence-corrected chi connectivity index (χ2v) is 6.38. The van der Waals surface area contributed by atoms with Crippen molar-refractivity contribution >= 4 is 11.8 Å². The molecule has 0 aliphatic carbocycles. The standard InChI is InChI=1S/C20H23N3O3/c1-26-18-5-3-2-4-16(18)8-11-23-14-17(12-19(23)24)20(25)22-13-15-6-9-21-10-7-15/h2-7,9-10,17H,8,11-14H2,1H3,(H,22,25). The highest BCUT2D eigenvalue weighted by Crippen LogP contribution is 2.21. The molecule has 1 aromatic carbocycles. The van der Waals surface area contributed by atoms with Crippen LogP contribution in [0.1, 0.15) is 17.5 Å². The zero-order valence-electron chi connectivity index (χ0n) is 14.9. The second-order valence-electron chi connectivity index (χ2n) is 6.38. The number of hydrogen-bond acceptors (Lipinski definition) is 4. The summed E-state index contributed by atoms with van der Waals surface area (Å²) in [6.07, 6.45) is 4.37. The van der Waals surface area contributed by atoms with Crippen LogP contribution in [-0.2, 0) is 22.6 Å². The fourth-order valence-corrected chi connectivity index (χ4v) is 3.16. The molecule has 6 nitrogen and oxygen atoms in total. The van der Waals surface area contributed by atoms with Crippen molar-refractivity contribution in [3.63, 3.8) is 0 Å². The van der Waals surface area contributed by atoms with E-state index in [9.17, 15) is 9.59 Å². The largest absolute Gasteiger partial charge is 0.496 e. The van der Waals surface area contributed by atoms with Crippen molar-refractivity contribution in [1.82, 2.24) is 15.2 Å². The van der Waals surface area contributed by atoms with Crippen LogP contribution in [-0.4, -0.2) is 41.9 Å². The number of carbonyl (C=O) groups excluding carboxylic acids is 2. The Hall–Kier alpha value is -2.89. The molecule has 1 N–H and O–H groups in total. The third-order valence-electron chi connectivity index (χ3n) is 4.64. The molecule has 0 radical (unpaired) electrons. The van der Waals surface area contributed by atoms with Crippen LogP contribution in [0.25, 0.3) is 0 Å². The number of amides is 2. The molecular formula is C20H23N3O3. The molecule has 0 saturated carbocycles. The molecule has 6 heteroatoms. The number of nitrogens with one attached hydrogen (secondary N) is 1. The third-order valence-corrected chi connectivity index (χ3v) is 4.64. The van der Waals surface area contributed by atoms with E-state index < -0.39 is 0 Å². The molecule has 0 bridgehead atoms. The van der Waals surface area contributed by atoms with Crippen LogP contribution in [0, 0.1) is 5.92 Å². The van der Waals surface area contributed by atoms with Crippen molar-refractivity contribution in [2.45, 2.75) is 19.4 Å². The number of pyridine rings is 1. The number of ether oxygens (including phenoxy) is 1. The first-order valence-electron chi connectivity index (χ1n) is 8.73. The molecule has 1 atom stereocenters. The van der Waals surface area contributed by atoms with Crippen molar-refractivity contribution in [1.29, 1.82) is 0 Å². The number of aromatic nitrogens is 1. The van der Waals surface area contributed by atoms with E-state index in [1.807, 2.05) is 36.4 Å². The van der Waals surface area contributed by atoms with Gasteiger partial charge in [0, 0.05) is 38.4 Å². The lowest BCUT2D eigenvalue weighted by Gasteiger charge is -2.17. The maximum absolute atomic E-state index is 12.4. The van der Waals surface area contributed by atoms with Gasteiger partial charge < -0.3 is 15.0 Å². The average Bonchev–Trinajstić information content (AvgIpc) is 3.06. The molecule has 136 valence electrons. The first kappa shape index (κ1) is 17.9. The number of nitrogens with zero attached hydrogens (tertiary/aromatic N) is 2. The van der Waals surface area contributed by atoms with E-state index in [0.29, 0.717) is 26.1 Å². The summed E-state index contributed by atoms with van der Waals surface area (Å²) in [5.74, 6) is 0.492. The SMILES string of the molecule is COc1ccccc1CCN1CC(C(=O)NCc2ccncc2)CC1=O. The summed E-state index contributed by atoms with van der Waals surface area (Å²) in [6, 6.07) is 11.5. The van der Waals surface area contributed by atoms with Crippen molar-refractivity contribution in [3.05, 3.63) is 59.9 Å². The van der Waals surface area contributed by atoms with Crippen molar-refractivity contribution in [2.75, 3.05) is 20.2 Å². The Morgan fingerprint density at radius 3 is 2.81 bits per heavy atom. The lowest BCUT2D eigenvalue weighted by atomic mass is 10.1. The van der Waals surface area contributed by atoms with Crippen LogP contribution in [0.2, 0.25) is 0 Å². The summed E-state index contributed by atoms with van der Waals surface area (Å²) in [5, 5.41) is 2.91. The van der Waals surface area contributed by atoms with E-state index >= 15 is 0 Å². The predicted octanol–water partition coefficient (Wildman–Crippen LogP) is 1.80. The molecule has 26 heavy (non-hydrogen) atoms. The van der Waals surface area contributed by atoms with Crippen LogP contribution in [0.3, 0.4) is 0 Å². The van der Waals surface area contributed by atoms with Crippen LogP contribution in [0.4, 0.5) is 0 Å². The lowest BCUT2D eigenvalue weighted by Crippen LogP contribution is -2.33. The minimum Gasteiger partial charge on any atom is -0.496 e. The molecule has 1 unspecified atom stereocenters. The fourth-order valence-electron chi connectivity index (χ4n) is 3.16. The molecular weight excluding hydrogens is 330 g/mol. The van der Waals surface area contributed by atoms with Gasteiger partial charge in [-0.05, 0) is 35.7 Å². The molecule has 3 rings (SSSR count). The fraction of sp³-hybridized carbons (Fsp3) is 0.350. The number of benzene rings is 1. The quantitative estimate of drug-likeness (QED) is 0.824. The third kappa shape index (κ3) is 4.39. The Balaban J connectivity index is 1.51. The highest BCUT2D eigenvalue weighted by atomic mass is 16.5. The monoisotopic (exact) mass is 353 g/mol. The molecule has 2 aromatic rings. The van der Waals surface area contributed by atoms with Crippen LogP contribution < -0.4 is 10.1 Å². The highest BCUT2D eigenvalue weighted by molar-refractivity contribution is 5.89. The van der Waals surface area contributed by atoms with Gasteiger partial charge in [-0.2, -0.15) is 0 Å². The Labute approximate surface area is 153 Å². The molecule has 2 heterocycles. The summed E-state index contributed by atoms with van der Waals surface area (Å²) in [4.78, 5) is 30.3. The summed E-state index contributed by atoms with van der Waals surface area (Å²) in [5.41, 5.74) is 2.05. The Morgan fingerprint density at radius 1 is 1.27 bits per heavy atom. The number of methoxy groups -OCH3 is 1. The normalized spacial score (nSPS) is 16.6.